The molecule has 8 heteroatoms. The molecule has 1 saturated heterocycles. The third kappa shape index (κ3) is 6.46. The van der Waals surface area contributed by atoms with E-state index in [9.17, 15) is 9.90 Å². The molecule has 5 rings (SSSR count). The average Bonchev–Trinajstić information content (AvgIpc) is 3.40. The number of likely N-dealkylation sites (tertiary alicyclic amines) is 1. The van der Waals surface area contributed by atoms with E-state index in [0.29, 0.717) is 32.7 Å². The summed E-state index contributed by atoms with van der Waals surface area (Å²) < 4.78 is 18.0. The first-order chi connectivity index (χ1) is 18.9. The number of hydrogen-bond acceptors (Lipinski definition) is 7. The fourth-order valence-corrected chi connectivity index (χ4v) is 6.08. The SMILES string of the molecule is COC(C)(C)C1Cc2c(cccc2[C@@H](C(=O)O)N2CC[C@@H](OCCCCc3ccc4c(n3)NCCC4)C2)CO1. The maximum atomic E-state index is 12.6. The van der Waals surface area contributed by atoms with Gasteiger partial charge in [0, 0.05) is 45.5 Å². The van der Waals surface area contributed by atoms with Crippen molar-refractivity contribution in [3.63, 3.8) is 0 Å². The van der Waals surface area contributed by atoms with Crippen molar-refractivity contribution in [3.05, 3.63) is 58.3 Å². The maximum absolute atomic E-state index is 12.6. The fourth-order valence-electron chi connectivity index (χ4n) is 6.08. The molecule has 2 N–H and O–H groups in total. The summed E-state index contributed by atoms with van der Waals surface area (Å²) >= 11 is 0. The Hall–Kier alpha value is -2.52. The van der Waals surface area contributed by atoms with Gasteiger partial charge in [-0.3, -0.25) is 9.69 Å². The van der Waals surface area contributed by atoms with Gasteiger partial charge in [0.1, 0.15) is 11.9 Å². The number of ether oxygens (including phenoxy) is 3. The average molecular weight is 538 g/mol. The van der Waals surface area contributed by atoms with Gasteiger partial charge in [-0.1, -0.05) is 24.3 Å². The lowest BCUT2D eigenvalue weighted by molar-refractivity contribution is -0.143. The summed E-state index contributed by atoms with van der Waals surface area (Å²) in [5, 5.41) is 13.7. The minimum Gasteiger partial charge on any atom is -0.480 e. The van der Waals surface area contributed by atoms with Gasteiger partial charge in [-0.25, -0.2) is 4.98 Å². The molecule has 0 amide bonds. The Kier molecular flexibility index (Phi) is 8.86. The Morgan fingerprint density at radius 3 is 2.95 bits per heavy atom. The van der Waals surface area contributed by atoms with Gasteiger partial charge in [0.25, 0.3) is 0 Å². The number of rotatable bonds is 11. The van der Waals surface area contributed by atoms with Crippen molar-refractivity contribution in [3.8, 4) is 0 Å². The summed E-state index contributed by atoms with van der Waals surface area (Å²) in [6.45, 7) is 7.53. The Bertz CT molecular complexity index is 1150. The molecular formula is C31H43N3O5. The number of anilines is 1. The Balaban J connectivity index is 1.14. The zero-order valence-electron chi connectivity index (χ0n) is 23.6. The largest absolute Gasteiger partial charge is 0.480 e. The smallest absolute Gasteiger partial charge is 0.325 e. The number of hydrogen-bond donors (Lipinski definition) is 2. The summed E-state index contributed by atoms with van der Waals surface area (Å²) in [6, 6.07) is 9.63. The number of pyridine rings is 1. The van der Waals surface area contributed by atoms with Crippen molar-refractivity contribution in [2.45, 2.75) is 89.3 Å². The molecule has 1 aromatic carbocycles. The van der Waals surface area contributed by atoms with Crippen LogP contribution in [-0.2, 0) is 44.9 Å². The van der Waals surface area contributed by atoms with Gasteiger partial charge in [-0.15, -0.1) is 0 Å². The lowest BCUT2D eigenvalue weighted by Gasteiger charge is -2.38. The number of carbonyl (C=O) groups is 1. The summed E-state index contributed by atoms with van der Waals surface area (Å²) in [6.07, 6.45) is 6.63. The second kappa shape index (κ2) is 12.3. The van der Waals surface area contributed by atoms with Crippen LogP contribution in [0, 0.1) is 0 Å². The van der Waals surface area contributed by atoms with Crippen LogP contribution in [0.2, 0.25) is 0 Å². The lowest BCUT2D eigenvalue weighted by Crippen LogP contribution is -2.44. The van der Waals surface area contributed by atoms with E-state index in [1.54, 1.807) is 7.11 Å². The van der Waals surface area contributed by atoms with Gasteiger partial charge in [-0.2, -0.15) is 0 Å². The zero-order chi connectivity index (χ0) is 27.4. The van der Waals surface area contributed by atoms with E-state index in [4.69, 9.17) is 19.2 Å². The predicted molar refractivity (Wildman–Crippen MR) is 150 cm³/mol. The first-order valence-electron chi connectivity index (χ1n) is 14.4. The van der Waals surface area contributed by atoms with Crippen LogP contribution in [0.5, 0.6) is 0 Å². The number of fused-ring (bicyclic) bond motifs is 2. The molecule has 0 radical (unpaired) electrons. The monoisotopic (exact) mass is 537 g/mol. The molecule has 212 valence electrons. The van der Waals surface area contributed by atoms with E-state index >= 15 is 0 Å². The van der Waals surface area contributed by atoms with Crippen molar-refractivity contribution in [2.24, 2.45) is 0 Å². The molecular weight excluding hydrogens is 494 g/mol. The highest BCUT2D eigenvalue weighted by Gasteiger charge is 2.39. The third-order valence-electron chi connectivity index (χ3n) is 8.64. The Morgan fingerprint density at radius 2 is 2.13 bits per heavy atom. The van der Waals surface area contributed by atoms with Crippen molar-refractivity contribution in [2.75, 3.05) is 38.7 Å². The number of carboxylic acid groups (broad SMARTS) is 1. The van der Waals surface area contributed by atoms with Gasteiger partial charge in [0.05, 0.1) is 24.4 Å². The number of unbranched alkanes of at least 4 members (excludes halogenated alkanes) is 1. The zero-order valence-corrected chi connectivity index (χ0v) is 23.6. The molecule has 8 nitrogen and oxygen atoms in total. The molecule has 1 unspecified atom stereocenters. The van der Waals surface area contributed by atoms with Crippen molar-refractivity contribution in [1.82, 2.24) is 9.88 Å². The molecule has 2 aromatic rings. The van der Waals surface area contributed by atoms with Gasteiger partial charge >= 0.3 is 5.97 Å². The summed E-state index contributed by atoms with van der Waals surface area (Å²) in [7, 11) is 1.69. The second-order valence-corrected chi connectivity index (χ2v) is 11.6. The number of aliphatic carboxylic acids is 1. The van der Waals surface area contributed by atoms with E-state index in [-0.39, 0.29) is 12.2 Å². The van der Waals surface area contributed by atoms with Crippen molar-refractivity contribution < 1.29 is 24.1 Å². The van der Waals surface area contributed by atoms with Crippen LogP contribution in [-0.4, -0.2) is 72.1 Å². The minimum absolute atomic E-state index is 0.0564. The molecule has 39 heavy (non-hydrogen) atoms. The van der Waals surface area contributed by atoms with Crippen LogP contribution in [0.4, 0.5) is 5.82 Å². The highest BCUT2D eigenvalue weighted by Crippen LogP contribution is 2.36. The van der Waals surface area contributed by atoms with Gasteiger partial charge in [0.15, 0.2) is 0 Å². The minimum atomic E-state index is -0.815. The summed E-state index contributed by atoms with van der Waals surface area (Å²) in [5.41, 5.74) is 5.02. The Morgan fingerprint density at radius 1 is 1.26 bits per heavy atom. The van der Waals surface area contributed by atoms with Gasteiger partial charge in [0.2, 0.25) is 0 Å². The van der Waals surface area contributed by atoms with Crippen LogP contribution in [0.3, 0.4) is 0 Å². The van der Waals surface area contributed by atoms with Crippen LogP contribution < -0.4 is 5.32 Å². The summed E-state index contributed by atoms with van der Waals surface area (Å²) in [5.74, 6) is 0.240. The first kappa shape index (κ1) is 28.0. The van der Waals surface area contributed by atoms with E-state index in [1.807, 2.05) is 32.0 Å². The molecule has 1 fully saturated rings. The van der Waals surface area contributed by atoms with Crippen molar-refractivity contribution in [1.29, 1.82) is 0 Å². The molecule has 4 heterocycles. The quantitative estimate of drug-likeness (QED) is 0.404. The molecule has 0 aliphatic carbocycles. The number of nitrogens with zero attached hydrogens (tertiary/aromatic N) is 2. The number of nitrogens with one attached hydrogen (secondary N) is 1. The number of methoxy groups -OCH3 is 1. The van der Waals surface area contributed by atoms with E-state index < -0.39 is 17.6 Å². The molecule has 0 spiro atoms. The van der Waals surface area contributed by atoms with Gasteiger partial charge in [-0.05, 0) is 80.7 Å². The molecule has 1 aromatic heterocycles. The predicted octanol–water partition coefficient (Wildman–Crippen LogP) is 4.55. The Labute approximate surface area is 232 Å². The van der Waals surface area contributed by atoms with E-state index in [0.717, 1.165) is 66.9 Å². The second-order valence-electron chi connectivity index (χ2n) is 11.6. The highest BCUT2D eigenvalue weighted by molar-refractivity contribution is 5.76. The standard InChI is InChI=1S/C31H43N3O5/c1-31(2,37-3)27-18-26-22(20-39-27)8-6-11-25(26)28(30(35)36)34-16-14-24(19-34)38-17-5-4-10-23-13-12-21-9-7-15-32-29(21)33-23/h6,8,11-13,24,27-28H,4-5,7,9-10,14-20H2,1-3H3,(H,32,33)(H,35,36)/t24-,27?,28+/m1/s1. The normalized spacial score (nSPS) is 22.1. The highest BCUT2D eigenvalue weighted by atomic mass is 16.5. The third-order valence-corrected chi connectivity index (χ3v) is 8.64. The number of benzene rings is 1. The molecule has 3 atom stereocenters. The van der Waals surface area contributed by atoms with Crippen LogP contribution in [0.25, 0.3) is 0 Å². The number of aryl methyl sites for hydroxylation is 2. The fraction of sp³-hybridized carbons (Fsp3) is 0.613. The number of aromatic nitrogens is 1. The molecule has 0 saturated carbocycles. The van der Waals surface area contributed by atoms with E-state index in [1.165, 1.54) is 12.0 Å². The number of carboxylic acids is 1. The molecule has 3 aliphatic rings. The van der Waals surface area contributed by atoms with Gasteiger partial charge < -0.3 is 24.6 Å². The molecule has 3 aliphatic heterocycles. The van der Waals surface area contributed by atoms with Crippen LogP contribution >= 0.6 is 0 Å². The first-order valence-corrected chi connectivity index (χ1v) is 14.4. The van der Waals surface area contributed by atoms with E-state index in [2.05, 4.69) is 22.3 Å². The maximum Gasteiger partial charge on any atom is 0.325 e. The lowest BCUT2D eigenvalue weighted by atomic mass is 9.85. The molecule has 0 bridgehead atoms. The summed E-state index contributed by atoms with van der Waals surface area (Å²) in [4.78, 5) is 19.4. The van der Waals surface area contributed by atoms with Crippen LogP contribution in [0.1, 0.15) is 73.5 Å². The topological polar surface area (TPSA) is 93.2 Å². The van der Waals surface area contributed by atoms with Crippen molar-refractivity contribution >= 4 is 11.8 Å². The van der Waals surface area contributed by atoms with Crippen LogP contribution in [0.15, 0.2) is 30.3 Å².